The molecule has 1 unspecified atom stereocenters. The highest BCUT2D eigenvalue weighted by molar-refractivity contribution is 5.82. The van der Waals surface area contributed by atoms with Crippen LogP contribution in [0.5, 0.6) is 5.75 Å². The van der Waals surface area contributed by atoms with E-state index in [-0.39, 0.29) is 28.3 Å². The zero-order chi connectivity index (χ0) is 32.2. The Bertz CT molecular complexity index is 1400. The summed E-state index contributed by atoms with van der Waals surface area (Å²) < 4.78 is 17.2. The summed E-state index contributed by atoms with van der Waals surface area (Å²) >= 11 is 0. The van der Waals surface area contributed by atoms with Gasteiger partial charge in [-0.3, -0.25) is 4.79 Å². The molecule has 3 rings (SSSR count). The molecule has 5 heteroatoms. The highest BCUT2D eigenvalue weighted by Crippen LogP contribution is 2.36. The van der Waals surface area contributed by atoms with Crippen molar-refractivity contribution >= 4 is 16.9 Å². The number of hydrogen-bond donors (Lipinski definition) is 0. The Morgan fingerprint density at radius 2 is 1.55 bits per heavy atom. The summed E-state index contributed by atoms with van der Waals surface area (Å²) in [5.41, 5.74) is 2.90. The highest BCUT2D eigenvalue weighted by atomic mass is 16.5. The molecule has 1 aromatic heterocycles. The lowest BCUT2D eigenvalue weighted by Gasteiger charge is -2.33. The van der Waals surface area contributed by atoms with E-state index in [4.69, 9.17) is 13.9 Å². The Kier molecular flexibility index (Phi) is 13.3. The van der Waals surface area contributed by atoms with Crippen molar-refractivity contribution in [1.82, 2.24) is 0 Å². The molecule has 0 aliphatic rings. The molecule has 0 aliphatic heterocycles. The summed E-state index contributed by atoms with van der Waals surface area (Å²) in [5.74, 6) is 0.511. The summed E-state index contributed by atoms with van der Waals surface area (Å²) in [6.07, 6.45) is 13.3. The quantitative estimate of drug-likeness (QED) is 0.0706. The van der Waals surface area contributed by atoms with Gasteiger partial charge in [0.25, 0.3) is 0 Å². The monoisotopic (exact) mass is 602 g/mol. The number of carbonyl (C=O) groups is 1. The summed E-state index contributed by atoms with van der Waals surface area (Å²) in [5, 5.41) is 0.871. The first-order valence-corrected chi connectivity index (χ1v) is 16.5. The third-order valence-corrected chi connectivity index (χ3v) is 7.90. The third-order valence-electron chi connectivity index (χ3n) is 7.90. The Hall–Kier alpha value is -3.34. The Balaban J connectivity index is 1.39. The van der Waals surface area contributed by atoms with Crippen molar-refractivity contribution in [3.8, 4) is 16.9 Å². The maximum atomic E-state index is 12.8. The lowest BCUT2D eigenvalue weighted by molar-refractivity contribution is -0.154. The van der Waals surface area contributed by atoms with E-state index >= 15 is 0 Å². The van der Waals surface area contributed by atoms with Crippen LogP contribution in [0.2, 0.25) is 0 Å². The molecule has 1 heterocycles. The second kappa shape index (κ2) is 16.7. The van der Waals surface area contributed by atoms with E-state index in [0.717, 1.165) is 49.5 Å². The first-order valence-electron chi connectivity index (χ1n) is 16.5. The molecule has 0 N–H and O–H groups in total. The number of aryl methyl sites for hydroxylation is 1. The number of rotatable bonds is 16. The molecular formula is C39H54O5. The molecule has 44 heavy (non-hydrogen) atoms. The van der Waals surface area contributed by atoms with Gasteiger partial charge in [-0.15, -0.1) is 0 Å². The molecule has 0 bridgehead atoms. The normalized spacial score (nSPS) is 13.0. The van der Waals surface area contributed by atoms with Gasteiger partial charge in [-0.05, 0) is 85.1 Å². The van der Waals surface area contributed by atoms with Crippen molar-refractivity contribution in [2.45, 2.75) is 106 Å². The van der Waals surface area contributed by atoms with Crippen molar-refractivity contribution < 1.29 is 18.7 Å². The van der Waals surface area contributed by atoms with Crippen molar-refractivity contribution in [3.63, 3.8) is 0 Å². The van der Waals surface area contributed by atoms with E-state index < -0.39 is 0 Å². The second-order valence-corrected chi connectivity index (χ2v) is 14.3. The number of hydrogen-bond acceptors (Lipinski definition) is 5. The minimum Gasteiger partial charge on any atom is -0.493 e. The zero-order valence-electron chi connectivity index (χ0n) is 28.2. The molecule has 240 valence electrons. The predicted octanol–water partition coefficient (Wildman–Crippen LogP) is 10.3. The fourth-order valence-electron chi connectivity index (χ4n) is 5.27. The first kappa shape index (κ1) is 35.1. The molecule has 0 saturated heterocycles. The molecule has 0 spiro atoms. The summed E-state index contributed by atoms with van der Waals surface area (Å²) in [7, 11) is 0. The summed E-state index contributed by atoms with van der Waals surface area (Å²) in [6.45, 7) is 16.1. The number of benzene rings is 2. The Labute approximate surface area is 265 Å². The molecule has 0 amide bonds. The minimum atomic E-state index is -0.341. The van der Waals surface area contributed by atoms with Crippen LogP contribution in [0.25, 0.3) is 22.1 Å². The van der Waals surface area contributed by atoms with Crippen molar-refractivity contribution in [2.24, 2.45) is 16.7 Å². The van der Waals surface area contributed by atoms with Gasteiger partial charge in [0.15, 0.2) is 0 Å². The first-order chi connectivity index (χ1) is 20.9. The molecule has 0 fully saturated rings. The van der Waals surface area contributed by atoms with Gasteiger partial charge >= 0.3 is 11.6 Å². The van der Waals surface area contributed by atoms with E-state index in [0.29, 0.717) is 30.1 Å². The SMILES string of the molecule is CCCCCc1ccc(-c2cc3ccc(OCCC/C=C/CCCOC(=O)C(CC(C)(C)C)C(C)(C)C)cc3oc2=O)cc1. The van der Waals surface area contributed by atoms with Crippen LogP contribution in [0.3, 0.4) is 0 Å². The summed E-state index contributed by atoms with van der Waals surface area (Å²) in [4.78, 5) is 25.5. The number of allylic oxidation sites excluding steroid dienone is 2. The molecule has 3 aromatic rings. The number of ether oxygens (including phenoxy) is 2. The number of esters is 1. The fourth-order valence-corrected chi connectivity index (χ4v) is 5.27. The van der Waals surface area contributed by atoms with Gasteiger partial charge in [-0.2, -0.15) is 0 Å². The number of carbonyl (C=O) groups excluding carboxylic acids is 1. The Morgan fingerprint density at radius 1 is 0.864 bits per heavy atom. The van der Waals surface area contributed by atoms with Crippen molar-refractivity contribution in [1.29, 1.82) is 0 Å². The van der Waals surface area contributed by atoms with Crippen molar-refractivity contribution in [2.75, 3.05) is 13.2 Å². The van der Waals surface area contributed by atoms with Gasteiger partial charge in [0.1, 0.15) is 11.3 Å². The molecular weight excluding hydrogens is 548 g/mol. The highest BCUT2D eigenvalue weighted by Gasteiger charge is 2.35. The van der Waals surface area contributed by atoms with Gasteiger partial charge in [0.05, 0.1) is 24.7 Å². The van der Waals surface area contributed by atoms with Gasteiger partial charge in [-0.1, -0.05) is 97.7 Å². The molecule has 1 atom stereocenters. The van der Waals surface area contributed by atoms with Crippen LogP contribution in [-0.2, 0) is 16.0 Å². The van der Waals surface area contributed by atoms with Crippen molar-refractivity contribution in [3.05, 3.63) is 76.7 Å². The van der Waals surface area contributed by atoms with Gasteiger partial charge in [0.2, 0.25) is 0 Å². The van der Waals surface area contributed by atoms with E-state index in [9.17, 15) is 9.59 Å². The fraction of sp³-hybridized carbons (Fsp3) is 0.538. The summed E-state index contributed by atoms with van der Waals surface area (Å²) in [6, 6.07) is 15.8. The maximum Gasteiger partial charge on any atom is 0.344 e. The molecule has 0 radical (unpaired) electrons. The van der Waals surface area contributed by atoms with Gasteiger partial charge in [0, 0.05) is 11.5 Å². The smallest absolute Gasteiger partial charge is 0.344 e. The molecule has 0 saturated carbocycles. The molecule has 2 aromatic carbocycles. The van der Waals surface area contributed by atoms with Gasteiger partial charge in [-0.25, -0.2) is 4.79 Å². The van der Waals surface area contributed by atoms with E-state index in [1.807, 2.05) is 30.3 Å². The standard InChI is InChI=1S/C39H54O5/c1-8-9-14-17-29-18-20-30(21-19-29)33-26-31-22-23-32(27-35(31)44-36(33)40)42-24-15-12-10-11-13-16-25-43-37(41)34(39(5,6)7)28-38(2,3)4/h10-11,18-23,26-27,34H,8-9,12-17,24-25,28H2,1-7H3/b11-10+. The molecule has 0 aliphatic carbocycles. The van der Waals surface area contributed by atoms with E-state index in [2.05, 4.69) is 72.8 Å². The van der Waals surface area contributed by atoms with Gasteiger partial charge < -0.3 is 13.9 Å². The minimum absolute atomic E-state index is 0.0789. The van der Waals surface area contributed by atoms with Crippen LogP contribution in [0.4, 0.5) is 0 Å². The van der Waals surface area contributed by atoms with E-state index in [1.54, 1.807) is 6.07 Å². The number of fused-ring (bicyclic) bond motifs is 1. The third kappa shape index (κ3) is 11.6. The zero-order valence-corrected chi connectivity index (χ0v) is 28.2. The van der Waals surface area contributed by atoms with E-state index in [1.165, 1.54) is 24.8 Å². The Morgan fingerprint density at radius 3 is 2.18 bits per heavy atom. The largest absolute Gasteiger partial charge is 0.493 e. The predicted molar refractivity (Wildman–Crippen MR) is 182 cm³/mol. The van der Waals surface area contributed by atoms with Crippen LogP contribution in [0, 0.1) is 16.7 Å². The topological polar surface area (TPSA) is 65.7 Å². The van der Waals surface area contributed by atoms with Crippen LogP contribution >= 0.6 is 0 Å². The number of unbranched alkanes of at least 4 members (excludes halogenated alkanes) is 4. The van der Waals surface area contributed by atoms with Crippen LogP contribution in [-0.4, -0.2) is 19.2 Å². The average molecular weight is 603 g/mol. The van der Waals surface area contributed by atoms with Crippen LogP contribution < -0.4 is 10.4 Å². The average Bonchev–Trinajstić information content (AvgIpc) is 2.96. The van der Waals surface area contributed by atoms with Crippen LogP contribution in [0.1, 0.15) is 105 Å². The maximum absolute atomic E-state index is 12.8. The van der Waals surface area contributed by atoms with Crippen LogP contribution in [0.15, 0.2) is 69.9 Å². The lowest BCUT2D eigenvalue weighted by Crippen LogP contribution is -2.33. The lowest BCUT2D eigenvalue weighted by atomic mass is 9.72. The second-order valence-electron chi connectivity index (χ2n) is 14.3. The molecule has 5 nitrogen and oxygen atoms in total.